The van der Waals surface area contributed by atoms with Gasteiger partial charge in [-0.25, -0.2) is 19.2 Å². The molecule has 12 heteroatoms. The number of nitrogens with one attached hydrogen (secondary N) is 1. The fourth-order valence-electron chi connectivity index (χ4n) is 3.55. The number of fused-ring (bicyclic) bond motifs is 1. The minimum atomic E-state index is -1.47. The molecular weight excluding hydrogens is 445 g/mol. The SMILES string of the molecule is CN(C)C(=O)Nc1ncnc2c1ccn2[C@@H]1O[C@H]([C@H](O)c2ccc(Cl)c(F)c2)[C@@H](O)[C@H]1O. The highest BCUT2D eigenvalue weighted by Crippen LogP contribution is 2.38. The Morgan fingerprint density at radius 2 is 2.03 bits per heavy atom. The lowest BCUT2D eigenvalue weighted by Crippen LogP contribution is -2.34. The Bertz CT molecular complexity index is 1160. The Morgan fingerprint density at radius 3 is 2.72 bits per heavy atom. The van der Waals surface area contributed by atoms with Crippen LogP contribution in [-0.2, 0) is 4.74 Å². The van der Waals surface area contributed by atoms with Gasteiger partial charge in [-0.1, -0.05) is 17.7 Å². The van der Waals surface area contributed by atoms with Gasteiger partial charge in [-0.05, 0) is 23.8 Å². The molecule has 1 aromatic carbocycles. The van der Waals surface area contributed by atoms with Crippen molar-refractivity contribution in [2.24, 2.45) is 0 Å². The van der Waals surface area contributed by atoms with Crippen LogP contribution >= 0.6 is 11.6 Å². The lowest BCUT2D eigenvalue weighted by Gasteiger charge is -2.21. The van der Waals surface area contributed by atoms with Gasteiger partial charge in [-0.3, -0.25) is 5.32 Å². The van der Waals surface area contributed by atoms with E-state index in [0.29, 0.717) is 11.0 Å². The summed E-state index contributed by atoms with van der Waals surface area (Å²) in [6.45, 7) is 0. The molecule has 1 fully saturated rings. The Labute approximate surface area is 186 Å². The molecule has 0 bridgehead atoms. The van der Waals surface area contributed by atoms with Crippen LogP contribution in [0.5, 0.6) is 0 Å². The molecule has 4 N–H and O–H groups in total. The highest BCUT2D eigenvalue weighted by atomic mass is 35.5. The fraction of sp³-hybridized carbons (Fsp3) is 0.350. The van der Waals surface area contributed by atoms with Crippen LogP contribution in [0.3, 0.4) is 0 Å². The van der Waals surface area contributed by atoms with Crippen molar-refractivity contribution in [1.82, 2.24) is 19.4 Å². The number of aliphatic hydroxyl groups is 3. The van der Waals surface area contributed by atoms with E-state index in [2.05, 4.69) is 15.3 Å². The Balaban J connectivity index is 1.63. The molecule has 2 aromatic heterocycles. The highest BCUT2D eigenvalue weighted by Gasteiger charge is 2.47. The first-order chi connectivity index (χ1) is 15.2. The second kappa shape index (κ2) is 8.60. The van der Waals surface area contributed by atoms with Crippen molar-refractivity contribution in [3.05, 3.63) is 53.2 Å². The van der Waals surface area contributed by atoms with Crippen LogP contribution in [0.2, 0.25) is 5.02 Å². The Morgan fingerprint density at radius 1 is 1.28 bits per heavy atom. The molecule has 4 rings (SSSR count). The molecule has 0 unspecified atom stereocenters. The Hall–Kier alpha value is -2.83. The predicted molar refractivity (Wildman–Crippen MR) is 113 cm³/mol. The molecule has 3 heterocycles. The number of carbonyl (C=O) groups is 1. The number of nitrogens with zero attached hydrogens (tertiary/aromatic N) is 4. The number of hydrogen-bond acceptors (Lipinski definition) is 7. The van der Waals surface area contributed by atoms with E-state index in [1.807, 2.05) is 0 Å². The van der Waals surface area contributed by atoms with Crippen molar-refractivity contribution in [2.45, 2.75) is 30.6 Å². The van der Waals surface area contributed by atoms with Gasteiger partial charge in [0, 0.05) is 20.3 Å². The van der Waals surface area contributed by atoms with E-state index in [-0.39, 0.29) is 22.4 Å². The first-order valence-electron chi connectivity index (χ1n) is 9.63. The molecule has 0 aliphatic carbocycles. The summed E-state index contributed by atoms with van der Waals surface area (Å²) in [6.07, 6.45) is -3.87. The van der Waals surface area contributed by atoms with Gasteiger partial charge in [0.15, 0.2) is 6.23 Å². The van der Waals surface area contributed by atoms with Gasteiger partial charge in [0.25, 0.3) is 0 Å². The van der Waals surface area contributed by atoms with Gasteiger partial charge in [0.1, 0.15) is 48.0 Å². The summed E-state index contributed by atoms with van der Waals surface area (Å²) < 4.78 is 21.1. The number of aromatic nitrogens is 3. The minimum absolute atomic E-state index is 0.109. The van der Waals surface area contributed by atoms with Crippen LogP contribution in [-0.4, -0.2) is 73.2 Å². The van der Waals surface area contributed by atoms with Crippen LogP contribution in [0.4, 0.5) is 15.0 Å². The zero-order valence-corrected chi connectivity index (χ0v) is 17.8. The third-order valence-electron chi connectivity index (χ3n) is 5.29. The molecule has 1 aliphatic rings. The number of benzene rings is 1. The monoisotopic (exact) mass is 465 g/mol. The molecule has 10 nitrogen and oxygen atoms in total. The van der Waals surface area contributed by atoms with Crippen LogP contribution in [0.25, 0.3) is 11.0 Å². The molecule has 3 aromatic rings. The molecule has 5 atom stereocenters. The molecule has 0 radical (unpaired) electrons. The van der Waals surface area contributed by atoms with Crippen molar-refractivity contribution in [3.8, 4) is 0 Å². The van der Waals surface area contributed by atoms with E-state index in [4.69, 9.17) is 16.3 Å². The molecule has 0 saturated carbocycles. The quantitative estimate of drug-likeness (QED) is 0.460. The minimum Gasteiger partial charge on any atom is -0.387 e. The number of anilines is 1. The maximum absolute atomic E-state index is 13.8. The van der Waals surface area contributed by atoms with E-state index < -0.39 is 36.5 Å². The fourth-order valence-corrected chi connectivity index (χ4v) is 3.67. The summed E-state index contributed by atoms with van der Waals surface area (Å²) >= 11 is 5.68. The standard InChI is InChI=1S/C20H21ClFN5O5/c1-26(2)20(31)25-17-10-5-6-27(18(10)24-8-23-17)19-15(30)14(29)16(32-19)13(28)9-3-4-11(21)12(22)7-9/h3-8,13-16,19,28-30H,1-2H3,(H,23,24,25,31)/t13-,14+,15-,16-,19-/m1/s1. The molecular formula is C20H21ClFN5O5. The zero-order chi connectivity index (χ0) is 23.2. The summed E-state index contributed by atoms with van der Waals surface area (Å²) in [5.41, 5.74) is 0.468. The average molecular weight is 466 g/mol. The van der Waals surface area contributed by atoms with Crippen molar-refractivity contribution >= 4 is 34.5 Å². The number of hydrogen-bond donors (Lipinski definition) is 4. The van der Waals surface area contributed by atoms with E-state index in [9.17, 15) is 24.5 Å². The van der Waals surface area contributed by atoms with E-state index in [0.717, 1.165) is 6.07 Å². The van der Waals surface area contributed by atoms with E-state index >= 15 is 0 Å². The van der Waals surface area contributed by atoms with Crippen LogP contribution < -0.4 is 5.32 Å². The molecule has 170 valence electrons. The first-order valence-corrected chi connectivity index (χ1v) is 10.0. The van der Waals surface area contributed by atoms with Gasteiger partial charge in [-0.15, -0.1) is 0 Å². The van der Waals surface area contributed by atoms with E-state index in [1.54, 1.807) is 26.4 Å². The lowest BCUT2D eigenvalue weighted by atomic mass is 9.99. The maximum atomic E-state index is 13.8. The number of amides is 2. The summed E-state index contributed by atoms with van der Waals surface area (Å²) in [7, 11) is 3.17. The zero-order valence-electron chi connectivity index (χ0n) is 17.1. The number of urea groups is 1. The summed E-state index contributed by atoms with van der Waals surface area (Å²) in [4.78, 5) is 21.6. The van der Waals surface area contributed by atoms with Gasteiger partial charge < -0.3 is 29.5 Å². The molecule has 1 saturated heterocycles. The summed E-state index contributed by atoms with van der Waals surface area (Å²) in [6, 6.07) is 4.97. The second-order valence-corrected chi connectivity index (χ2v) is 8.01. The topological polar surface area (TPSA) is 133 Å². The van der Waals surface area contributed by atoms with E-state index in [1.165, 1.54) is 27.9 Å². The Kier molecular flexibility index (Phi) is 6.01. The van der Waals surface area contributed by atoms with Crippen LogP contribution in [0, 0.1) is 5.82 Å². The third-order valence-corrected chi connectivity index (χ3v) is 5.59. The van der Waals surface area contributed by atoms with Gasteiger partial charge >= 0.3 is 6.03 Å². The lowest BCUT2D eigenvalue weighted by molar-refractivity contribution is -0.0848. The predicted octanol–water partition coefficient (Wildman–Crippen LogP) is 1.67. The highest BCUT2D eigenvalue weighted by molar-refractivity contribution is 6.30. The van der Waals surface area contributed by atoms with Crippen LogP contribution in [0.1, 0.15) is 17.9 Å². The van der Waals surface area contributed by atoms with Crippen LogP contribution in [0.15, 0.2) is 36.8 Å². The van der Waals surface area contributed by atoms with Gasteiger partial charge in [-0.2, -0.15) is 0 Å². The molecule has 0 spiro atoms. The largest absolute Gasteiger partial charge is 0.387 e. The van der Waals surface area contributed by atoms with Crippen molar-refractivity contribution in [3.63, 3.8) is 0 Å². The number of carbonyl (C=O) groups excluding carboxylic acids is 1. The third kappa shape index (κ3) is 3.89. The number of rotatable bonds is 4. The number of aliphatic hydroxyl groups excluding tert-OH is 3. The second-order valence-electron chi connectivity index (χ2n) is 7.60. The number of halogens is 2. The smallest absolute Gasteiger partial charge is 0.322 e. The van der Waals surface area contributed by atoms with Crippen molar-refractivity contribution in [1.29, 1.82) is 0 Å². The van der Waals surface area contributed by atoms with Gasteiger partial charge in [0.2, 0.25) is 0 Å². The maximum Gasteiger partial charge on any atom is 0.322 e. The first kappa shape index (κ1) is 22.4. The van der Waals surface area contributed by atoms with Crippen molar-refractivity contribution < 1.29 is 29.2 Å². The summed E-state index contributed by atoms with van der Waals surface area (Å²) in [5, 5.41) is 34.8. The molecule has 2 amide bonds. The normalized spacial score (nSPS) is 24.0. The molecule has 32 heavy (non-hydrogen) atoms. The van der Waals surface area contributed by atoms with Crippen molar-refractivity contribution in [2.75, 3.05) is 19.4 Å². The average Bonchev–Trinajstić information content (AvgIpc) is 3.31. The van der Waals surface area contributed by atoms with Gasteiger partial charge in [0.05, 0.1) is 10.4 Å². The molecule has 1 aliphatic heterocycles. The summed E-state index contributed by atoms with van der Waals surface area (Å²) in [5.74, 6) is -0.470. The number of ether oxygens (including phenoxy) is 1.